The van der Waals surface area contributed by atoms with Crippen LogP contribution in [0.25, 0.3) is 0 Å². The Hall–Kier alpha value is -2.67. The molecule has 0 spiro atoms. The number of esters is 1. The molecule has 1 aromatic carbocycles. The van der Waals surface area contributed by atoms with E-state index in [-0.39, 0.29) is 17.9 Å². The Balaban J connectivity index is 1.51. The van der Waals surface area contributed by atoms with E-state index in [2.05, 4.69) is 17.6 Å². The minimum atomic E-state index is -0.866. The van der Waals surface area contributed by atoms with Crippen LogP contribution in [0.4, 0.5) is 5.69 Å². The molecular weight excluding hydrogens is 388 g/mol. The summed E-state index contributed by atoms with van der Waals surface area (Å²) in [6, 6.07) is 10.1. The third-order valence-electron chi connectivity index (χ3n) is 5.22. The molecule has 2 N–H and O–H groups in total. The van der Waals surface area contributed by atoms with Crippen LogP contribution in [-0.4, -0.2) is 29.9 Å². The van der Waals surface area contributed by atoms with Crippen molar-refractivity contribution in [2.45, 2.75) is 51.7 Å². The number of carbonyl (C=O) groups excluding carboxylic acids is 3. The predicted octanol–water partition coefficient (Wildman–Crippen LogP) is 4.24. The van der Waals surface area contributed by atoms with Gasteiger partial charge < -0.3 is 15.4 Å². The van der Waals surface area contributed by atoms with E-state index in [1.165, 1.54) is 17.8 Å². The second-order valence-electron chi connectivity index (χ2n) is 7.43. The van der Waals surface area contributed by atoms with E-state index in [0.29, 0.717) is 22.0 Å². The summed E-state index contributed by atoms with van der Waals surface area (Å²) in [4.78, 5) is 37.4. The van der Waals surface area contributed by atoms with Crippen LogP contribution in [-0.2, 0) is 9.53 Å². The molecule has 6 nitrogen and oxygen atoms in total. The fourth-order valence-electron chi connectivity index (χ4n) is 3.40. The van der Waals surface area contributed by atoms with Gasteiger partial charge in [-0.05, 0) is 61.4 Å². The number of thiophene rings is 1. The quantitative estimate of drug-likeness (QED) is 0.693. The lowest BCUT2D eigenvalue weighted by Gasteiger charge is -2.30. The van der Waals surface area contributed by atoms with E-state index < -0.39 is 12.1 Å². The number of rotatable bonds is 6. The summed E-state index contributed by atoms with van der Waals surface area (Å²) in [5.74, 6) is -0.595. The number of benzene rings is 1. The van der Waals surface area contributed by atoms with Gasteiger partial charge in [-0.15, -0.1) is 11.3 Å². The highest BCUT2D eigenvalue weighted by Gasteiger charge is 2.26. The Bertz CT molecular complexity index is 848. The van der Waals surface area contributed by atoms with E-state index in [4.69, 9.17) is 4.74 Å². The van der Waals surface area contributed by atoms with E-state index in [1.54, 1.807) is 37.3 Å². The molecule has 0 aliphatic heterocycles. The number of ether oxygens (including phenoxy) is 1. The van der Waals surface area contributed by atoms with Crippen LogP contribution in [0.1, 0.15) is 59.6 Å². The summed E-state index contributed by atoms with van der Waals surface area (Å²) in [6.45, 7) is 3.72. The normalized spacial score (nSPS) is 19.8. The first-order chi connectivity index (χ1) is 13.9. The summed E-state index contributed by atoms with van der Waals surface area (Å²) in [7, 11) is 0. The summed E-state index contributed by atoms with van der Waals surface area (Å²) < 4.78 is 5.32. The molecule has 7 heteroatoms. The van der Waals surface area contributed by atoms with Crippen LogP contribution in [0.15, 0.2) is 41.8 Å². The zero-order chi connectivity index (χ0) is 20.8. The molecule has 154 valence electrons. The van der Waals surface area contributed by atoms with Crippen molar-refractivity contribution in [2.75, 3.05) is 5.32 Å². The van der Waals surface area contributed by atoms with Crippen LogP contribution in [0, 0.1) is 5.92 Å². The lowest BCUT2D eigenvalue weighted by Crippen LogP contribution is -2.45. The molecule has 1 saturated carbocycles. The van der Waals surface area contributed by atoms with Gasteiger partial charge in [-0.1, -0.05) is 25.8 Å². The average Bonchev–Trinajstić information content (AvgIpc) is 3.25. The number of hydrogen-bond acceptors (Lipinski definition) is 5. The van der Waals surface area contributed by atoms with Gasteiger partial charge in [0, 0.05) is 11.7 Å². The van der Waals surface area contributed by atoms with Gasteiger partial charge in [0.1, 0.15) is 0 Å². The second kappa shape index (κ2) is 9.69. The standard InChI is InChI=1S/C22H26N2O4S/c1-14-6-3-4-7-18(14)24-20(25)15(2)28-22(27)16-9-11-17(12-10-16)23-21(26)19-8-5-13-29-19/h5,8-15,18H,3-4,6-7H2,1-2H3,(H,23,26)(H,24,25)/t14-,15+,18-/m1/s1. The SMILES string of the molecule is C[C@H](OC(=O)c1ccc(NC(=O)c2cccs2)cc1)C(=O)N[C@@H]1CCCC[C@H]1C. The van der Waals surface area contributed by atoms with Crippen molar-refractivity contribution in [3.8, 4) is 0 Å². The highest BCUT2D eigenvalue weighted by Crippen LogP contribution is 2.24. The van der Waals surface area contributed by atoms with E-state index >= 15 is 0 Å². The smallest absolute Gasteiger partial charge is 0.338 e. The van der Waals surface area contributed by atoms with Crippen LogP contribution in [0.2, 0.25) is 0 Å². The molecule has 0 unspecified atom stereocenters. The first-order valence-electron chi connectivity index (χ1n) is 9.90. The Morgan fingerprint density at radius 3 is 2.48 bits per heavy atom. The zero-order valence-electron chi connectivity index (χ0n) is 16.6. The van der Waals surface area contributed by atoms with Crippen molar-refractivity contribution in [3.05, 3.63) is 52.2 Å². The monoisotopic (exact) mass is 414 g/mol. The molecule has 0 bridgehead atoms. The predicted molar refractivity (Wildman–Crippen MR) is 113 cm³/mol. The maximum absolute atomic E-state index is 12.4. The molecule has 3 rings (SSSR count). The first kappa shape index (κ1) is 21.0. The van der Waals surface area contributed by atoms with Gasteiger partial charge in [-0.2, -0.15) is 0 Å². The maximum Gasteiger partial charge on any atom is 0.338 e. The van der Waals surface area contributed by atoms with Crippen molar-refractivity contribution in [1.29, 1.82) is 0 Å². The molecule has 3 atom stereocenters. The molecule has 1 aliphatic rings. The van der Waals surface area contributed by atoms with E-state index in [0.717, 1.165) is 19.3 Å². The second-order valence-corrected chi connectivity index (χ2v) is 8.38. The number of carbonyl (C=O) groups is 3. The summed E-state index contributed by atoms with van der Waals surface area (Å²) in [5, 5.41) is 7.61. The van der Waals surface area contributed by atoms with E-state index in [9.17, 15) is 14.4 Å². The van der Waals surface area contributed by atoms with Gasteiger partial charge in [0.25, 0.3) is 11.8 Å². The molecule has 29 heavy (non-hydrogen) atoms. The van der Waals surface area contributed by atoms with Crippen molar-refractivity contribution in [3.63, 3.8) is 0 Å². The van der Waals surface area contributed by atoms with Gasteiger partial charge in [0.15, 0.2) is 6.10 Å². The third kappa shape index (κ3) is 5.67. The summed E-state index contributed by atoms with van der Waals surface area (Å²) >= 11 is 1.36. The highest BCUT2D eigenvalue weighted by molar-refractivity contribution is 7.12. The zero-order valence-corrected chi connectivity index (χ0v) is 17.5. The fourth-order valence-corrected chi connectivity index (χ4v) is 4.02. The van der Waals surface area contributed by atoms with Gasteiger partial charge >= 0.3 is 5.97 Å². The van der Waals surface area contributed by atoms with Crippen molar-refractivity contribution in [2.24, 2.45) is 5.92 Å². The van der Waals surface area contributed by atoms with Crippen molar-refractivity contribution < 1.29 is 19.1 Å². The van der Waals surface area contributed by atoms with Gasteiger partial charge in [-0.3, -0.25) is 9.59 Å². The van der Waals surface area contributed by atoms with Crippen LogP contribution in [0.5, 0.6) is 0 Å². The summed E-state index contributed by atoms with van der Waals surface area (Å²) in [6.07, 6.45) is 3.51. The van der Waals surface area contributed by atoms with Crippen LogP contribution in [0.3, 0.4) is 0 Å². The van der Waals surface area contributed by atoms with Crippen molar-refractivity contribution >= 4 is 34.8 Å². The topological polar surface area (TPSA) is 84.5 Å². The minimum absolute atomic E-state index is 0.142. The maximum atomic E-state index is 12.4. The van der Waals surface area contributed by atoms with Crippen LogP contribution >= 0.6 is 11.3 Å². The molecule has 0 radical (unpaired) electrons. The number of nitrogens with one attached hydrogen (secondary N) is 2. The first-order valence-corrected chi connectivity index (χ1v) is 10.8. The lowest BCUT2D eigenvalue weighted by molar-refractivity contribution is -0.130. The molecule has 1 heterocycles. The Morgan fingerprint density at radius 2 is 1.83 bits per heavy atom. The molecule has 0 saturated heterocycles. The molecular formula is C22H26N2O4S. The van der Waals surface area contributed by atoms with Gasteiger partial charge in [0.2, 0.25) is 0 Å². The number of hydrogen-bond donors (Lipinski definition) is 2. The van der Waals surface area contributed by atoms with Crippen molar-refractivity contribution in [1.82, 2.24) is 5.32 Å². The number of amides is 2. The van der Waals surface area contributed by atoms with E-state index in [1.807, 2.05) is 11.4 Å². The third-order valence-corrected chi connectivity index (χ3v) is 6.08. The summed E-state index contributed by atoms with van der Waals surface area (Å²) in [5.41, 5.74) is 0.904. The molecule has 1 fully saturated rings. The Kier molecular flexibility index (Phi) is 7.04. The highest BCUT2D eigenvalue weighted by atomic mass is 32.1. The van der Waals surface area contributed by atoms with Crippen LogP contribution < -0.4 is 10.6 Å². The molecule has 1 aliphatic carbocycles. The molecule has 2 amide bonds. The fraction of sp³-hybridized carbons (Fsp3) is 0.409. The number of anilines is 1. The lowest BCUT2D eigenvalue weighted by atomic mass is 9.86. The largest absolute Gasteiger partial charge is 0.449 e. The van der Waals surface area contributed by atoms with Gasteiger partial charge in [-0.25, -0.2) is 4.79 Å². The van der Waals surface area contributed by atoms with Gasteiger partial charge in [0.05, 0.1) is 10.4 Å². The Morgan fingerprint density at radius 1 is 1.10 bits per heavy atom. The molecule has 1 aromatic heterocycles. The average molecular weight is 415 g/mol. The molecule has 2 aromatic rings. The minimum Gasteiger partial charge on any atom is -0.449 e. The Labute approximate surface area is 174 Å².